The Morgan fingerprint density at radius 3 is 1.56 bits per heavy atom. The molecule has 0 saturated carbocycles. The van der Waals surface area contributed by atoms with Gasteiger partial charge in [0.2, 0.25) is 0 Å². The Labute approximate surface area is 114 Å². The van der Waals surface area contributed by atoms with Crippen LogP contribution in [0.5, 0.6) is 0 Å². The average Bonchev–Trinajstić information content (AvgIpc) is 2.24. The minimum absolute atomic E-state index is 0.549. The lowest BCUT2D eigenvalue weighted by molar-refractivity contribution is 0.117. The van der Waals surface area contributed by atoms with Gasteiger partial charge < -0.3 is 9.47 Å². The molecule has 0 aromatic heterocycles. The van der Waals surface area contributed by atoms with Crippen LogP contribution in [0.15, 0.2) is 0 Å². The van der Waals surface area contributed by atoms with Crippen molar-refractivity contribution in [1.29, 1.82) is 0 Å². The molecule has 0 spiro atoms. The zero-order chi connectivity index (χ0) is 12.2. The van der Waals surface area contributed by atoms with Crippen LogP contribution in [-0.2, 0) is 9.47 Å². The van der Waals surface area contributed by atoms with Crippen LogP contribution in [0.2, 0.25) is 0 Å². The zero-order valence-electron chi connectivity index (χ0n) is 11.0. The van der Waals surface area contributed by atoms with Crippen molar-refractivity contribution in [1.82, 2.24) is 0 Å². The average molecular weight is 299 g/mol. The van der Waals surface area contributed by atoms with Crippen molar-refractivity contribution in [3.8, 4) is 0 Å². The van der Waals surface area contributed by atoms with Crippen molar-refractivity contribution in [3.05, 3.63) is 0 Å². The SMILES string of the molecule is CCOC([SiH3])CCSSCCC([SiH3])OCC. The Kier molecular flexibility index (Phi) is 13.3. The summed E-state index contributed by atoms with van der Waals surface area (Å²) in [6.45, 7) is 5.88. The van der Waals surface area contributed by atoms with E-state index in [-0.39, 0.29) is 0 Å². The van der Waals surface area contributed by atoms with Gasteiger partial charge in [0.25, 0.3) is 0 Å². The van der Waals surface area contributed by atoms with Crippen LogP contribution in [0.4, 0.5) is 0 Å². The molecule has 0 aromatic rings. The lowest BCUT2D eigenvalue weighted by Gasteiger charge is -2.12. The molecule has 0 aliphatic heterocycles. The van der Waals surface area contributed by atoms with Crippen molar-refractivity contribution < 1.29 is 9.47 Å². The maximum Gasteiger partial charge on any atom is 0.0436 e. The molecule has 16 heavy (non-hydrogen) atoms. The molecule has 98 valence electrons. The Bertz CT molecular complexity index is 137. The lowest BCUT2D eigenvalue weighted by Crippen LogP contribution is -2.13. The van der Waals surface area contributed by atoms with Gasteiger partial charge in [0.15, 0.2) is 0 Å². The smallest absolute Gasteiger partial charge is 0.0436 e. The predicted octanol–water partition coefficient (Wildman–Crippen LogP) is 0.604. The second kappa shape index (κ2) is 12.5. The van der Waals surface area contributed by atoms with Crippen LogP contribution in [0.3, 0.4) is 0 Å². The molecule has 0 amide bonds. The molecule has 2 nitrogen and oxygen atoms in total. The Balaban J connectivity index is 3.15. The van der Waals surface area contributed by atoms with E-state index in [1.165, 1.54) is 24.3 Å². The fourth-order valence-corrected chi connectivity index (χ4v) is 5.74. The van der Waals surface area contributed by atoms with Gasteiger partial charge in [-0.2, -0.15) is 0 Å². The fraction of sp³-hybridized carbons (Fsp3) is 1.00. The van der Waals surface area contributed by atoms with Gasteiger partial charge in [-0.3, -0.25) is 0 Å². The summed E-state index contributed by atoms with van der Waals surface area (Å²) in [5.74, 6) is 2.44. The Morgan fingerprint density at radius 1 is 0.875 bits per heavy atom. The van der Waals surface area contributed by atoms with Crippen molar-refractivity contribution in [2.24, 2.45) is 0 Å². The highest BCUT2D eigenvalue weighted by molar-refractivity contribution is 8.76. The highest BCUT2D eigenvalue weighted by Gasteiger charge is 2.02. The van der Waals surface area contributed by atoms with Gasteiger partial charge in [-0.1, -0.05) is 21.6 Å². The molecule has 0 aromatic carbocycles. The van der Waals surface area contributed by atoms with E-state index in [2.05, 4.69) is 13.8 Å². The third-order valence-corrected chi connectivity index (χ3v) is 6.49. The standard InChI is InChI=1S/C10H26O2S2Si2/c1-3-11-9(15)5-7-13-14-8-6-10(16)12-4-2/h9-10H,3-8H2,1-2,15-16H3. The fourth-order valence-electron chi connectivity index (χ4n) is 1.28. The molecule has 2 unspecified atom stereocenters. The van der Waals surface area contributed by atoms with Crippen LogP contribution >= 0.6 is 21.6 Å². The molecule has 0 saturated heterocycles. The summed E-state index contributed by atoms with van der Waals surface area (Å²) in [5.41, 5.74) is 1.10. The van der Waals surface area contributed by atoms with E-state index in [4.69, 9.17) is 9.47 Å². The van der Waals surface area contributed by atoms with Gasteiger partial charge in [0.1, 0.15) is 0 Å². The van der Waals surface area contributed by atoms with Gasteiger partial charge >= 0.3 is 0 Å². The maximum absolute atomic E-state index is 5.54. The summed E-state index contributed by atoms with van der Waals surface area (Å²) in [6, 6.07) is 0. The van der Waals surface area contributed by atoms with Crippen molar-refractivity contribution in [2.45, 2.75) is 38.1 Å². The molecule has 0 fully saturated rings. The molecular formula is C10H26O2S2Si2. The van der Waals surface area contributed by atoms with Crippen LogP contribution in [0, 0.1) is 0 Å². The summed E-state index contributed by atoms with van der Waals surface area (Å²) in [7, 11) is 6.29. The second-order valence-electron chi connectivity index (χ2n) is 3.75. The molecule has 0 aliphatic carbocycles. The van der Waals surface area contributed by atoms with E-state index in [9.17, 15) is 0 Å². The first kappa shape index (κ1) is 17.1. The summed E-state index contributed by atoms with van der Waals surface area (Å²) in [4.78, 5) is 0. The van der Waals surface area contributed by atoms with Gasteiger partial charge in [0, 0.05) is 56.7 Å². The van der Waals surface area contributed by atoms with E-state index in [0.717, 1.165) is 33.7 Å². The minimum Gasteiger partial charge on any atom is -0.383 e. The monoisotopic (exact) mass is 298 g/mol. The highest BCUT2D eigenvalue weighted by Crippen LogP contribution is 2.23. The normalized spacial score (nSPS) is 15.4. The molecule has 6 heteroatoms. The summed E-state index contributed by atoms with van der Waals surface area (Å²) >= 11 is 0. The van der Waals surface area contributed by atoms with Crippen LogP contribution in [-0.4, -0.2) is 56.7 Å². The quantitative estimate of drug-likeness (QED) is 0.316. The largest absolute Gasteiger partial charge is 0.383 e. The highest BCUT2D eigenvalue weighted by atomic mass is 33.1. The second-order valence-corrected chi connectivity index (χ2v) is 9.03. The van der Waals surface area contributed by atoms with Gasteiger partial charge in [-0.05, 0) is 26.7 Å². The third kappa shape index (κ3) is 11.5. The first-order valence-corrected chi connectivity index (χ1v) is 11.0. The van der Waals surface area contributed by atoms with Gasteiger partial charge in [-0.15, -0.1) is 0 Å². The Hall–Kier alpha value is 1.05. The number of rotatable bonds is 11. The van der Waals surface area contributed by atoms with Crippen LogP contribution in [0.25, 0.3) is 0 Å². The lowest BCUT2D eigenvalue weighted by atomic mass is 10.5. The van der Waals surface area contributed by atoms with E-state index in [1.807, 2.05) is 21.6 Å². The van der Waals surface area contributed by atoms with Gasteiger partial charge in [-0.25, -0.2) is 0 Å². The molecule has 0 bridgehead atoms. The molecule has 0 N–H and O–H groups in total. The topological polar surface area (TPSA) is 18.5 Å². The van der Waals surface area contributed by atoms with Crippen molar-refractivity contribution in [3.63, 3.8) is 0 Å². The minimum atomic E-state index is 0.549. The Morgan fingerprint density at radius 2 is 1.25 bits per heavy atom. The molecular weight excluding hydrogens is 272 g/mol. The first-order valence-electron chi connectivity index (χ1n) is 6.18. The molecule has 0 radical (unpaired) electrons. The number of ether oxygens (including phenoxy) is 2. The zero-order valence-corrected chi connectivity index (χ0v) is 16.7. The summed E-state index contributed by atoms with van der Waals surface area (Å²) in [6.07, 6.45) is 2.43. The first-order chi connectivity index (χ1) is 7.70. The molecule has 0 heterocycles. The maximum atomic E-state index is 5.54. The number of hydrogen-bond acceptors (Lipinski definition) is 4. The van der Waals surface area contributed by atoms with Gasteiger partial charge in [0.05, 0.1) is 0 Å². The van der Waals surface area contributed by atoms with Crippen LogP contribution in [0.1, 0.15) is 26.7 Å². The number of hydrogen-bond donors (Lipinski definition) is 0. The van der Waals surface area contributed by atoms with E-state index in [0.29, 0.717) is 11.5 Å². The summed E-state index contributed by atoms with van der Waals surface area (Å²) < 4.78 is 11.1. The van der Waals surface area contributed by atoms with Crippen LogP contribution < -0.4 is 0 Å². The molecule has 2 atom stereocenters. The van der Waals surface area contributed by atoms with Crippen molar-refractivity contribution >= 4 is 42.1 Å². The predicted molar refractivity (Wildman–Crippen MR) is 84.9 cm³/mol. The van der Waals surface area contributed by atoms with E-state index < -0.39 is 0 Å². The third-order valence-electron chi connectivity index (χ3n) is 2.20. The van der Waals surface area contributed by atoms with E-state index >= 15 is 0 Å². The molecule has 0 rings (SSSR count). The van der Waals surface area contributed by atoms with E-state index in [1.54, 1.807) is 0 Å². The molecule has 0 aliphatic rings. The summed E-state index contributed by atoms with van der Waals surface area (Å²) in [5, 5.41) is 0. The van der Waals surface area contributed by atoms with Crippen molar-refractivity contribution in [2.75, 3.05) is 24.7 Å².